The molecule has 2 rings (SSSR count). The summed E-state index contributed by atoms with van der Waals surface area (Å²) in [5.74, 6) is 0. The van der Waals surface area contributed by atoms with E-state index in [1.807, 2.05) is 0 Å². The molecule has 2 fully saturated rings. The predicted molar refractivity (Wildman–Crippen MR) is 90.1 cm³/mol. The van der Waals surface area contributed by atoms with Crippen LogP contribution in [0.4, 0.5) is 0 Å². The number of rotatable bonds is 3. The van der Waals surface area contributed by atoms with Crippen molar-refractivity contribution in [2.75, 3.05) is 6.54 Å². The van der Waals surface area contributed by atoms with Gasteiger partial charge in [0.15, 0.2) is 5.03 Å². The molecule has 0 aromatic rings. The van der Waals surface area contributed by atoms with Crippen molar-refractivity contribution in [2.45, 2.75) is 95.7 Å². The summed E-state index contributed by atoms with van der Waals surface area (Å²) in [6.45, 7) is 0.552. The van der Waals surface area contributed by atoms with Crippen molar-refractivity contribution >= 4 is 0 Å². The van der Waals surface area contributed by atoms with E-state index in [0.717, 1.165) is 62.9 Å². The van der Waals surface area contributed by atoms with Gasteiger partial charge in [0.2, 0.25) is 0 Å². The lowest BCUT2D eigenvalue weighted by atomic mass is 10.0. The largest absolute Gasteiger partial charge is 0.353 e. The van der Waals surface area contributed by atoms with Gasteiger partial charge in [-0.25, -0.2) is 10.1 Å². The highest BCUT2D eigenvalue weighted by molar-refractivity contribution is 4.73. The molecule has 8 heteroatoms. The summed E-state index contributed by atoms with van der Waals surface area (Å²) >= 11 is 0. The highest BCUT2D eigenvalue weighted by Crippen LogP contribution is 2.26. The van der Waals surface area contributed by atoms with Gasteiger partial charge in [-0.2, -0.15) is 5.01 Å². The fourth-order valence-corrected chi connectivity index (χ4v) is 4.00. The van der Waals surface area contributed by atoms with Crippen LogP contribution in [-0.4, -0.2) is 38.8 Å². The number of hydrogen-bond donors (Lipinski definition) is 0. The first-order valence-electron chi connectivity index (χ1n) is 9.45. The fourth-order valence-electron chi connectivity index (χ4n) is 4.00. The Balaban J connectivity index is 2.23. The van der Waals surface area contributed by atoms with Gasteiger partial charge in [-0.15, -0.1) is 0 Å². The normalized spacial score (nSPS) is 26.3. The lowest BCUT2D eigenvalue weighted by Crippen LogP contribution is -2.58. The zero-order valence-corrected chi connectivity index (χ0v) is 14.5. The van der Waals surface area contributed by atoms with Gasteiger partial charge < -0.3 is 0 Å². The zero-order valence-electron chi connectivity index (χ0n) is 14.5. The van der Waals surface area contributed by atoms with E-state index < -0.39 is 16.1 Å². The summed E-state index contributed by atoms with van der Waals surface area (Å²) in [5, 5.41) is 25.3. The van der Waals surface area contributed by atoms with E-state index in [0.29, 0.717) is 13.0 Å². The van der Waals surface area contributed by atoms with Crippen molar-refractivity contribution in [3.05, 3.63) is 20.2 Å². The molecule has 0 bridgehead atoms. The lowest BCUT2D eigenvalue weighted by molar-refractivity contribution is -0.770. The van der Waals surface area contributed by atoms with Crippen LogP contribution in [-0.2, 0) is 0 Å². The smallest absolute Gasteiger partial charge is 0.262 e. The maximum Gasteiger partial charge on any atom is 0.353 e. The number of hydrogen-bond acceptors (Lipinski definition) is 5. The van der Waals surface area contributed by atoms with E-state index in [9.17, 15) is 20.2 Å². The van der Waals surface area contributed by atoms with E-state index in [1.54, 1.807) is 5.01 Å². The molecule has 2 aliphatic rings. The third-order valence-corrected chi connectivity index (χ3v) is 5.29. The Bertz CT molecular complexity index is 411. The number of hydrazine groups is 2. The van der Waals surface area contributed by atoms with E-state index in [2.05, 4.69) is 0 Å². The molecule has 24 heavy (non-hydrogen) atoms. The molecule has 0 aromatic heterocycles. The van der Waals surface area contributed by atoms with Crippen LogP contribution in [0.1, 0.15) is 83.5 Å². The van der Waals surface area contributed by atoms with E-state index >= 15 is 0 Å². The maximum atomic E-state index is 11.7. The van der Waals surface area contributed by atoms with Crippen molar-refractivity contribution in [2.24, 2.45) is 0 Å². The average molecular weight is 342 g/mol. The van der Waals surface area contributed by atoms with Crippen LogP contribution >= 0.6 is 0 Å². The fraction of sp³-hybridized carbons (Fsp3) is 1.00. The maximum absolute atomic E-state index is 11.7. The Hall–Kier alpha value is -1.44. The second-order valence-corrected chi connectivity index (χ2v) is 7.04. The summed E-state index contributed by atoms with van der Waals surface area (Å²) < 4.78 is 0. The molecule has 1 unspecified atom stereocenters. The molecule has 0 aromatic carbocycles. The van der Waals surface area contributed by atoms with Gasteiger partial charge in [0, 0.05) is 24.1 Å². The molecular formula is C16H30N4O4. The molecule has 138 valence electrons. The molecule has 8 nitrogen and oxygen atoms in total. The summed E-state index contributed by atoms with van der Waals surface area (Å²) in [4.78, 5) is 22.7. The standard InChI is InChI=1S/C16H30N4O4/c21-19(22)16-13-9-5-6-10-14-17(18(16)20(23)24)15-11-7-3-1-2-4-8-12-15/h15-16H,1-14H2. The van der Waals surface area contributed by atoms with Crippen molar-refractivity contribution in [3.63, 3.8) is 0 Å². The van der Waals surface area contributed by atoms with E-state index in [-0.39, 0.29) is 12.5 Å². The summed E-state index contributed by atoms with van der Waals surface area (Å²) in [6, 6.07) is 0.0500. The summed E-state index contributed by atoms with van der Waals surface area (Å²) in [5.41, 5.74) is 0. The van der Waals surface area contributed by atoms with Crippen LogP contribution < -0.4 is 0 Å². The van der Waals surface area contributed by atoms with Gasteiger partial charge in [0.05, 0.1) is 4.92 Å². The van der Waals surface area contributed by atoms with E-state index in [1.165, 1.54) is 12.8 Å². The van der Waals surface area contributed by atoms with Crippen LogP contribution in [0.25, 0.3) is 0 Å². The molecule has 1 aliphatic heterocycles. The Morgan fingerprint density at radius 2 is 1.21 bits per heavy atom. The minimum Gasteiger partial charge on any atom is -0.262 e. The second kappa shape index (κ2) is 9.76. The van der Waals surface area contributed by atoms with Crippen LogP contribution in [0.2, 0.25) is 0 Å². The van der Waals surface area contributed by atoms with E-state index in [4.69, 9.17) is 0 Å². The summed E-state index contributed by atoms with van der Waals surface area (Å²) in [7, 11) is 0. The van der Waals surface area contributed by atoms with Crippen molar-refractivity contribution in [1.82, 2.24) is 10.1 Å². The first-order valence-corrected chi connectivity index (χ1v) is 9.45. The quantitative estimate of drug-likeness (QED) is 0.572. The molecule has 0 amide bonds. The molecular weight excluding hydrogens is 312 g/mol. The van der Waals surface area contributed by atoms with Gasteiger partial charge in [0.25, 0.3) is 0 Å². The van der Waals surface area contributed by atoms with Crippen molar-refractivity contribution in [1.29, 1.82) is 0 Å². The van der Waals surface area contributed by atoms with Gasteiger partial charge in [0.1, 0.15) is 0 Å². The molecule has 1 heterocycles. The highest BCUT2D eigenvalue weighted by atomic mass is 16.7. The molecule has 1 aliphatic carbocycles. The van der Waals surface area contributed by atoms with Crippen LogP contribution in [0.3, 0.4) is 0 Å². The van der Waals surface area contributed by atoms with Gasteiger partial charge in [-0.05, 0) is 25.7 Å². The van der Waals surface area contributed by atoms with Crippen LogP contribution in [0.15, 0.2) is 0 Å². The molecule has 1 saturated carbocycles. The third-order valence-electron chi connectivity index (χ3n) is 5.29. The topological polar surface area (TPSA) is 92.8 Å². The first kappa shape index (κ1) is 18.9. The first-order chi connectivity index (χ1) is 11.6. The number of nitro groups is 2. The zero-order chi connectivity index (χ0) is 17.4. The second-order valence-electron chi connectivity index (χ2n) is 7.04. The summed E-state index contributed by atoms with van der Waals surface area (Å²) in [6.07, 6.45) is 11.1. The predicted octanol–water partition coefficient (Wildman–Crippen LogP) is 3.77. The van der Waals surface area contributed by atoms with Gasteiger partial charge in [-0.3, -0.25) is 10.1 Å². The Morgan fingerprint density at radius 1 is 0.708 bits per heavy atom. The minimum atomic E-state index is -1.24. The van der Waals surface area contributed by atoms with Crippen molar-refractivity contribution in [3.8, 4) is 0 Å². The monoisotopic (exact) mass is 342 g/mol. The number of nitrogens with zero attached hydrogens (tertiary/aromatic N) is 4. The average Bonchev–Trinajstić information content (AvgIpc) is 2.74. The third kappa shape index (κ3) is 5.29. The molecule has 0 N–H and O–H groups in total. The minimum absolute atomic E-state index is 0.0500. The van der Waals surface area contributed by atoms with Crippen LogP contribution in [0, 0.1) is 20.2 Å². The molecule has 1 saturated heterocycles. The van der Waals surface area contributed by atoms with Gasteiger partial charge in [-0.1, -0.05) is 51.4 Å². The highest BCUT2D eigenvalue weighted by Gasteiger charge is 2.43. The molecule has 0 spiro atoms. The SMILES string of the molecule is O=[N+]([O-])C1CCCCCCN(C2CCCCCCCC2)N1[N+](=O)[O-]. The lowest BCUT2D eigenvalue weighted by Gasteiger charge is -2.34. The Labute approximate surface area is 143 Å². The van der Waals surface area contributed by atoms with Crippen LogP contribution in [0.5, 0.6) is 0 Å². The molecule has 1 atom stereocenters. The van der Waals surface area contributed by atoms with Gasteiger partial charge >= 0.3 is 6.17 Å². The van der Waals surface area contributed by atoms with Crippen molar-refractivity contribution < 1.29 is 9.96 Å². The molecule has 0 radical (unpaired) electrons. The Kier molecular flexibility index (Phi) is 7.68. The Morgan fingerprint density at radius 3 is 1.75 bits per heavy atom.